The van der Waals surface area contributed by atoms with Crippen LogP contribution in [0.25, 0.3) is 0 Å². The third kappa shape index (κ3) is 2.63. The van der Waals surface area contributed by atoms with Crippen molar-refractivity contribution in [2.24, 2.45) is 0 Å². The van der Waals surface area contributed by atoms with Gasteiger partial charge in [-0.1, -0.05) is 0 Å². The Balaban J connectivity index is 1.56. The molecule has 0 unspecified atom stereocenters. The number of nitrogens with zero attached hydrogens (tertiary/aromatic N) is 6. The molecule has 0 bridgehead atoms. The smallest absolute Gasteiger partial charge is 0.289 e. The van der Waals surface area contributed by atoms with Crippen molar-refractivity contribution in [3.8, 4) is 0 Å². The minimum absolute atomic E-state index is 0.111. The molecule has 4 heterocycles. The van der Waals surface area contributed by atoms with E-state index < -0.39 is 0 Å². The number of fused-ring (bicyclic) bond motifs is 1. The highest BCUT2D eigenvalue weighted by atomic mass is 16.3. The van der Waals surface area contributed by atoms with Gasteiger partial charge in [0.1, 0.15) is 6.54 Å². The molecule has 118 valence electrons. The summed E-state index contributed by atoms with van der Waals surface area (Å²) in [6.07, 6.45) is 5.99. The summed E-state index contributed by atoms with van der Waals surface area (Å²) in [7, 11) is 0. The van der Waals surface area contributed by atoms with E-state index in [1.807, 2.05) is 16.9 Å². The Morgan fingerprint density at radius 2 is 2.22 bits per heavy atom. The number of hydrogen-bond donors (Lipinski definition) is 0. The van der Waals surface area contributed by atoms with Crippen LogP contribution in [0.1, 0.15) is 28.6 Å². The maximum Gasteiger partial charge on any atom is 0.289 e. The molecule has 3 aromatic rings. The second-order valence-electron chi connectivity index (χ2n) is 5.45. The Kier molecular flexibility index (Phi) is 3.41. The van der Waals surface area contributed by atoms with Crippen LogP contribution in [0.4, 0.5) is 0 Å². The van der Waals surface area contributed by atoms with E-state index in [9.17, 15) is 4.79 Å². The maximum atomic E-state index is 12.4. The molecule has 0 spiro atoms. The summed E-state index contributed by atoms with van der Waals surface area (Å²) in [6.45, 7) is 2.47. The molecule has 0 saturated heterocycles. The van der Waals surface area contributed by atoms with Crippen molar-refractivity contribution in [2.75, 3.05) is 6.54 Å². The van der Waals surface area contributed by atoms with Gasteiger partial charge >= 0.3 is 0 Å². The quantitative estimate of drug-likeness (QED) is 0.725. The zero-order chi connectivity index (χ0) is 15.6. The molecule has 1 aliphatic heterocycles. The van der Waals surface area contributed by atoms with Gasteiger partial charge in [-0.3, -0.25) is 9.48 Å². The van der Waals surface area contributed by atoms with Gasteiger partial charge in [-0.05, 0) is 24.6 Å². The van der Waals surface area contributed by atoms with Crippen molar-refractivity contribution in [2.45, 2.75) is 26.1 Å². The zero-order valence-electron chi connectivity index (χ0n) is 12.5. The summed E-state index contributed by atoms with van der Waals surface area (Å²) >= 11 is 0. The molecule has 0 N–H and O–H groups in total. The SMILES string of the molecule is O=C(c1ccco1)N1CCCn2c(nnc2Cn2cccn2)C1. The first-order valence-electron chi connectivity index (χ1n) is 7.52. The molecule has 1 aliphatic rings. The van der Waals surface area contributed by atoms with E-state index in [0.717, 1.165) is 24.6 Å². The monoisotopic (exact) mass is 312 g/mol. The van der Waals surface area contributed by atoms with Gasteiger partial charge < -0.3 is 13.9 Å². The number of amides is 1. The molecule has 3 aromatic heterocycles. The van der Waals surface area contributed by atoms with Crippen molar-refractivity contribution in [3.05, 3.63) is 54.3 Å². The van der Waals surface area contributed by atoms with E-state index >= 15 is 0 Å². The van der Waals surface area contributed by atoms with Gasteiger partial charge in [-0.25, -0.2) is 0 Å². The highest BCUT2D eigenvalue weighted by Gasteiger charge is 2.24. The molecule has 4 rings (SSSR count). The Morgan fingerprint density at radius 3 is 3.00 bits per heavy atom. The van der Waals surface area contributed by atoms with Crippen LogP contribution >= 0.6 is 0 Å². The van der Waals surface area contributed by atoms with E-state index in [0.29, 0.717) is 25.4 Å². The van der Waals surface area contributed by atoms with Gasteiger partial charge in [0, 0.05) is 25.5 Å². The fourth-order valence-electron chi connectivity index (χ4n) is 2.80. The number of rotatable bonds is 3. The molecule has 0 radical (unpaired) electrons. The summed E-state index contributed by atoms with van der Waals surface area (Å²) in [4.78, 5) is 14.2. The van der Waals surface area contributed by atoms with Gasteiger partial charge in [0.05, 0.1) is 12.8 Å². The predicted molar refractivity (Wildman–Crippen MR) is 79.4 cm³/mol. The van der Waals surface area contributed by atoms with Crippen LogP contribution < -0.4 is 0 Å². The Morgan fingerprint density at radius 1 is 1.26 bits per heavy atom. The van der Waals surface area contributed by atoms with Gasteiger partial charge in [0.25, 0.3) is 5.91 Å². The van der Waals surface area contributed by atoms with Crippen LogP contribution in [0.15, 0.2) is 41.3 Å². The van der Waals surface area contributed by atoms with E-state index in [2.05, 4.69) is 19.9 Å². The Bertz CT molecular complexity index is 790. The predicted octanol–water partition coefficient (Wildman–Crippen LogP) is 1.16. The van der Waals surface area contributed by atoms with Gasteiger partial charge in [0.2, 0.25) is 0 Å². The summed E-state index contributed by atoms with van der Waals surface area (Å²) in [5.41, 5.74) is 0. The highest BCUT2D eigenvalue weighted by molar-refractivity contribution is 5.91. The van der Waals surface area contributed by atoms with Crippen LogP contribution in [-0.2, 0) is 19.6 Å². The molecular formula is C15H16N6O2. The van der Waals surface area contributed by atoms with Crippen molar-refractivity contribution in [3.63, 3.8) is 0 Å². The average molecular weight is 312 g/mol. The fraction of sp³-hybridized carbons (Fsp3) is 0.333. The van der Waals surface area contributed by atoms with Crippen LogP contribution in [0.5, 0.6) is 0 Å². The van der Waals surface area contributed by atoms with Crippen LogP contribution in [-0.4, -0.2) is 41.9 Å². The highest BCUT2D eigenvalue weighted by Crippen LogP contribution is 2.16. The number of aromatic nitrogens is 5. The van der Waals surface area contributed by atoms with Crippen molar-refractivity contribution < 1.29 is 9.21 Å². The summed E-state index contributed by atoms with van der Waals surface area (Å²) in [6, 6.07) is 5.28. The number of carbonyl (C=O) groups excluding carboxylic acids is 1. The van der Waals surface area contributed by atoms with E-state index in [1.165, 1.54) is 6.26 Å². The third-order valence-corrected chi connectivity index (χ3v) is 3.93. The molecule has 0 saturated carbocycles. The molecular weight excluding hydrogens is 296 g/mol. The first-order valence-corrected chi connectivity index (χ1v) is 7.52. The van der Waals surface area contributed by atoms with Crippen molar-refractivity contribution >= 4 is 5.91 Å². The zero-order valence-corrected chi connectivity index (χ0v) is 12.5. The molecule has 8 heteroatoms. The fourth-order valence-corrected chi connectivity index (χ4v) is 2.80. The Hall–Kier alpha value is -2.90. The summed E-state index contributed by atoms with van der Waals surface area (Å²) in [5.74, 6) is 1.90. The second kappa shape index (κ2) is 5.71. The molecule has 0 aromatic carbocycles. The lowest BCUT2D eigenvalue weighted by Crippen LogP contribution is -2.30. The second-order valence-corrected chi connectivity index (χ2v) is 5.45. The Labute approximate surface area is 132 Å². The molecule has 0 aliphatic carbocycles. The first-order chi connectivity index (χ1) is 11.3. The number of furan rings is 1. The topological polar surface area (TPSA) is 82.0 Å². The van der Waals surface area contributed by atoms with Gasteiger partial charge in [-0.15, -0.1) is 10.2 Å². The number of carbonyl (C=O) groups is 1. The normalized spacial score (nSPS) is 14.5. The number of hydrogen-bond acceptors (Lipinski definition) is 5. The third-order valence-electron chi connectivity index (χ3n) is 3.93. The largest absolute Gasteiger partial charge is 0.459 e. The van der Waals surface area contributed by atoms with E-state index in [4.69, 9.17) is 4.42 Å². The molecule has 1 amide bonds. The van der Waals surface area contributed by atoms with E-state index in [1.54, 1.807) is 23.2 Å². The molecule has 23 heavy (non-hydrogen) atoms. The van der Waals surface area contributed by atoms with Crippen LogP contribution in [0.3, 0.4) is 0 Å². The van der Waals surface area contributed by atoms with Crippen LogP contribution in [0, 0.1) is 0 Å². The summed E-state index contributed by atoms with van der Waals surface area (Å²) < 4.78 is 9.10. The van der Waals surface area contributed by atoms with Crippen LogP contribution in [0.2, 0.25) is 0 Å². The van der Waals surface area contributed by atoms with Gasteiger partial charge in [-0.2, -0.15) is 5.10 Å². The van der Waals surface area contributed by atoms with Gasteiger partial charge in [0.15, 0.2) is 17.4 Å². The average Bonchev–Trinajstić information content (AvgIpc) is 3.29. The van der Waals surface area contributed by atoms with E-state index in [-0.39, 0.29) is 5.91 Å². The molecule has 0 atom stereocenters. The lowest BCUT2D eigenvalue weighted by atomic mass is 10.3. The molecule has 8 nitrogen and oxygen atoms in total. The first kappa shape index (κ1) is 13.7. The maximum absolute atomic E-state index is 12.4. The minimum Gasteiger partial charge on any atom is -0.459 e. The lowest BCUT2D eigenvalue weighted by Gasteiger charge is -2.17. The molecule has 0 fully saturated rings. The van der Waals surface area contributed by atoms with Crippen molar-refractivity contribution in [1.82, 2.24) is 29.4 Å². The standard InChI is InChI=1S/C15H16N6O2/c22-15(12-4-1-9-23-12)19-6-3-8-21-13(10-19)17-18-14(21)11-20-7-2-5-16-20/h1-2,4-5,7,9H,3,6,8,10-11H2. The summed E-state index contributed by atoms with van der Waals surface area (Å²) in [5, 5.41) is 12.7. The minimum atomic E-state index is -0.111. The lowest BCUT2D eigenvalue weighted by molar-refractivity contribution is 0.0711. The van der Waals surface area contributed by atoms with Crippen molar-refractivity contribution in [1.29, 1.82) is 0 Å².